The Morgan fingerprint density at radius 3 is 2.50 bits per heavy atom. The summed E-state index contributed by atoms with van der Waals surface area (Å²) in [6.45, 7) is 5.09. The van der Waals surface area contributed by atoms with Crippen LogP contribution >= 0.6 is 15.9 Å². The van der Waals surface area contributed by atoms with Gasteiger partial charge in [0.1, 0.15) is 0 Å². The summed E-state index contributed by atoms with van der Waals surface area (Å²) in [4.78, 5) is 40.0. The Hall–Kier alpha value is -1.89. The number of hydrogen-bond donors (Lipinski definition) is 0. The second kappa shape index (κ2) is 9.16. The van der Waals surface area contributed by atoms with Gasteiger partial charge in [0, 0.05) is 30.2 Å². The predicted octanol–water partition coefficient (Wildman–Crippen LogP) is 2.63. The fourth-order valence-electron chi connectivity index (χ4n) is 3.07. The van der Waals surface area contributed by atoms with Crippen LogP contribution in [0.3, 0.4) is 0 Å². The molecule has 0 radical (unpaired) electrons. The highest BCUT2D eigenvalue weighted by atomic mass is 79.9. The first-order chi connectivity index (χ1) is 12.3. The number of amides is 2. The van der Waals surface area contributed by atoms with Crippen molar-refractivity contribution in [3.8, 4) is 0 Å². The molecule has 142 valence electrons. The van der Waals surface area contributed by atoms with E-state index >= 15 is 0 Å². The van der Waals surface area contributed by atoms with E-state index in [9.17, 15) is 14.4 Å². The summed E-state index contributed by atoms with van der Waals surface area (Å²) in [5, 5.41) is 0. The lowest BCUT2D eigenvalue weighted by atomic mass is 9.97. The quantitative estimate of drug-likeness (QED) is 0.681. The number of likely N-dealkylation sites (N-methyl/N-ethyl adjacent to an activating group) is 1. The fourth-order valence-corrected chi connectivity index (χ4v) is 3.55. The van der Waals surface area contributed by atoms with Crippen LogP contribution in [-0.2, 0) is 14.3 Å². The fraction of sp³-hybridized carbons (Fsp3) is 0.526. The van der Waals surface area contributed by atoms with E-state index in [0.717, 1.165) is 10.0 Å². The average Bonchev–Trinajstić information content (AvgIpc) is 2.61. The zero-order chi connectivity index (χ0) is 19.3. The zero-order valence-electron chi connectivity index (χ0n) is 15.5. The van der Waals surface area contributed by atoms with Gasteiger partial charge in [-0.3, -0.25) is 14.4 Å². The molecule has 26 heavy (non-hydrogen) atoms. The molecule has 0 unspecified atom stereocenters. The van der Waals surface area contributed by atoms with E-state index in [4.69, 9.17) is 4.74 Å². The molecule has 0 aromatic heterocycles. The SMILES string of the molecule is CCOC(=O)C1CCN(C(=O)CN(C)C(=O)c2ccc(Br)cc2C)CC1. The first-order valence-electron chi connectivity index (χ1n) is 8.79. The molecule has 0 spiro atoms. The summed E-state index contributed by atoms with van der Waals surface area (Å²) in [7, 11) is 1.63. The average molecular weight is 425 g/mol. The third kappa shape index (κ3) is 5.06. The van der Waals surface area contributed by atoms with E-state index in [1.54, 1.807) is 24.9 Å². The van der Waals surface area contributed by atoms with Crippen LogP contribution < -0.4 is 0 Å². The lowest BCUT2D eigenvalue weighted by Gasteiger charge is -2.32. The maximum absolute atomic E-state index is 12.6. The maximum Gasteiger partial charge on any atom is 0.309 e. The standard InChI is InChI=1S/C19H25BrN2O4/c1-4-26-19(25)14-7-9-22(10-8-14)17(23)12-21(3)18(24)16-6-5-15(20)11-13(16)2/h5-6,11,14H,4,7-10,12H2,1-3H3. The van der Waals surface area contributed by atoms with Crippen molar-refractivity contribution in [3.05, 3.63) is 33.8 Å². The maximum atomic E-state index is 12.6. The number of halogens is 1. The molecule has 1 fully saturated rings. The second-order valence-electron chi connectivity index (χ2n) is 6.53. The summed E-state index contributed by atoms with van der Waals surface area (Å²) in [5.41, 5.74) is 1.45. The molecule has 1 aliphatic heterocycles. The molecule has 0 saturated carbocycles. The number of piperidine rings is 1. The molecule has 1 saturated heterocycles. The van der Waals surface area contributed by atoms with Crippen LogP contribution in [-0.4, -0.2) is 60.9 Å². The second-order valence-corrected chi connectivity index (χ2v) is 7.44. The number of esters is 1. The van der Waals surface area contributed by atoms with Gasteiger partial charge in [0.25, 0.3) is 5.91 Å². The van der Waals surface area contributed by atoms with Gasteiger partial charge in [0.05, 0.1) is 19.1 Å². The van der Waals surface area contributed by atoms with Gasteiger partial charge in [-0.2, -0.15) is 0 Å². The van der Waals surface area contributed by atoms with Crippen molar-refractivity contribution < 1.29 is 19.1 Å². The van der Waals surface area contributed by atoms with E-state index in [2.05, 4.69) is 15.9 Å². The van der Waals surface area contributed by atoms with Crippen LogP contribution in [0.15, 0.2) is 22.7 Å². The van der Waals surface area contributed by atoms with Crippen LogP contribution in [0.4, 0.5) is 0 Å². The highest BCUT2D eigenvalue weighted by Gasteiger charge is 2.29. The Morgan fingerprint density at radius 2 is 1.92 bits per heavy atom. The van der Waals surface area contributed by atoms with Crippen molar-refractivity contribution >= 4 is 33.7 Å². The number of hydrogen-bond acceptors (Lipinski definition) is 4. The van der Waals surface area contributed by atoms with E-state index < -0.39 is 0 Å². The Kier molecular flexibility index (Phi) is 7.20. The molecule has 2 rings (SSSR count). The molecular formula is C19H25BrN2O4. The summed E-state index contributed by atoms with van der Waals surface area (Å²) in [5.74, 6) is -0.593. The summed E-state index contributed by atoms with van der Waals surface area (Å²) in [6, 6.07) is 5.45. The zero-order valence-corrected chi connectivity index (χ0v) is 17.0. The first kappa shape index (κ1) is 20.4. The molecule has 0 bridgehead atoms. The van der Waals surface area contributed by atoms with Gasteiger partial charge in [-0.1, -0.05) is 15.9 Å². The minimum atomic E-state index is -0.183. The molecule has 1 heterocycles. The smallest absolute Gasteiger partial charge is 0.309 e. The van der Waals surface area contributed by atoms with Gasteiger partial charge in [-0.05, 0) is 50.5 Å². The van der Waals surface area contributed by atoms with Crippen LogP contribution in [0.25, 0.3) is 0 Å². The molecule has 0 aliphatic carbocycles. The van der Waals surface area contributed by atoms with Gasteiger partial charge < -0.3 is 14.5 Å². The van der Waals surface area contributed by atoms with Crippen molar-refractivity contribution in [3.63, 3.8) is 0 Å². The summed E-state index contributed by atoms with van der Waals surface area (Å²) >= 11 is 3.38. The number of aryl methyl sites for hydroxylation is 1. The highest BCUT2D eigenvalue weighted by Crippen LogP contribution is 2.20. The Labute approximate surface area is 162 Å². The number of ether oxygens (including phenoxy) is 1. The van der Waals surface area contributed by atoms with E-state index in [1.165, 1.54) is 4.90 Å². The third-order valence-corrected chi connectivity index (χ3v) is 5.10. The number of carbonyl (C=O) groups is 3. The summed E-state index contributed by atoms with van der Waals surface area (Å²) < 4.78 is 5.95. The molecule has 0 N–H and O–H groups in total. The minimum Gasteiger partial charge on any atom is -0.466 e. The van der Waals surface area contributed by atoms with E-state index in [1.807, 2.05) is 19.1 Å². The van der Waals surface area contributed by atoms with Crippen LogP contribution in [0.5, 0.6) is 0 Å². The topological polar surface area (TPSA) is 66.9 Å². The number of nitrogens with zero attached hydrogens (tertiary/aromatic N) is 2. The number of likely N-dealkylation sites (tertiary alicyclic amines) is 1. The van der Waals surface area contributed by atoms with Crippen LogP contribution in [0.1, 0.15) is 35.7 Å². The predicted molar refractivity (Wildman–Crippen MR) is 102 cm³/mol. The first-order valence-corrected chi connectivity index (χ1v) is 9.58. The molecule has 1 aliphatic rings. The van der Waals surface area contributed by atoms with Crippen molar-refractivity contribution in [1.82, 2.24) is 9.80 Å². The van der Waals surface area contributed by atoms with Gasteiger partial charge >= 0.3 is 5.97 Å². The van der Waals surface area contributed by atoms with Gasteiger partial charge in [0.2, 0.25) is 5.91 Å². The molecular weight excluding hydrogens is 400 g/mol. The third-order valence-electron chi connectivity index (χ3n) is 4.61. The highest BCUT2D eigenvalue weighted by molar-refractivity contribution is 9.10. The lowest BCUT2D eigenvalue weighted by molar-refractivity contribution is -0.151. The molecule has 6 nitrogen and oxygen atoms in total. The van der Waals surface area contributed by atoms with Crippen molar-refractivity contribution in [2.75, 3.05) is 33.3 Å². The molecule has 2 amide bonds. The van der Waals surface area contributed by atoms with E-state index in [-0.39, 0.29) is 30.2 Å². The summed E-state index contributed by atoms with van der Waals surface area (Å²) in [6.07, 6.45) is 1.21. The van der Waals surface area contributed by atoms with Crippen LogP contribution in [0.2, 0.25) is 0 Å². The van der Waals surface area contributed by atoms with Gasteiger partial charge in [-0.15, -0.1) is 0 Å². The van der Waals surface area contributed by atoms with Crippen LogP contribution in [0, 0.1) is 12.8 Å². The van der Waals surface area contributed by atoms with E-state index in [0.29, 0.717) is 38.1 Å². The molecule has 1 aromatic carbocycles. The van der Waals surface area contributed by atoms with Gasteiger partial charge in [-0.25, -0.2) is 0 Å². The monoisotopic (exact) mass is 424 g/mol. The largest absolute Gasteiger partial charge is 0.466 e. The Bertz CT molecular complexity index is 684. The number of benzene rings is 1. The van der Waals surface area contributed by atoms with Crippen molar-refractivity contribution in [2.45, 2.75) is 26.7 Å². The molecule has 1 aromatic rings. The minimum absolute atomic E-state index is 0.0262. The van der Waals surface area contributed by atoms with Gasteiger partial charge in [0.15, 0.2) is 0 Å². The van der Waals surface area contributed by atoms with Crippen molar-refractivity contribution in [1.29, 1.82) is 0 Å². The normalized spacial score (nSPS) is 14.8. The molecule has 7 heteroatoms. The Balaban J connectivity index is 1.89. The number of rotatable bonds is 5. The Morgan fingerprint density at radius 1 is 1.27 bits per heavy atom. The lowest BCUT2D eigenvalue weighted by Crippen LogP contribution is -2.45. The number of carbonyl (C=O) groups excluding carboxylic acids is 3. The van der Waals surface area contributed by atoms with Crippen molar-refractivity contribution in [2.24, 2.45) is 5.92 Å². The molecule has 0 atom stereocenters.